The van der Waals surface area contributed by atoms with Gasteiger partial charge >= 0.3 is 5.97 Å². The number of anilines is 1. The first-order valence-electron chi connectivity index (χ1n) is 8.51. The van der Waals surface area contributed by atoms with Crippen LogP contribution in [0.5, 0.6) is 0 Å². The van der Waals surface area contributed by atoms with E-state index in [1.165, 1.54) is 25.2 Å². The molecule has 0 saturated carbocycles. The smallest absolute Gasteiger partial charge is 0.335 e. The number of amides is 1. The van der Waals surface area contributed by atoms with Gasteiger partial charge in [0, 0.05) is 18.7 Å². The summed E-state index contributed by atoms with van der Waals surface area (Å²) in [6.07, 6.45) is 1.42. The summed E-state index contributed by atoms with van der Waals surface area (Å²) in [5, 5.41) is 8.91. The highest BCUT2D eigenvalue weighted by Crippen LogP contribution is 2.30. The zero-order valence-corrected chi connectivity index (χ0v) is 15.6. The Bertz CT molecular complexity index is 984. The van der Waals surface area contributed by atoms with Crippen LogP contribution in [0.25, 0.3) is 0 Å². The molecule has 27 heavy (non-hydrogen) atoms. The van der Waals surface area contributed by atoms with Crippen LogP contribution in [0.3, 0.4) is 0 Å². The molecule has 7 nitrogen and oxygen atoms in total. The lowest BCUT2D eigenvalue weighted by Gasteiger charge is -2.17. The summed E-state index contributed by atoms with van der Waals surface area (Å²) in [7, 11) is -2.15. The van der Waals surface area contributed by atoms with Crippen molar-refractivity contribution in [2.24, 2.45) is 0 Å². The quantitative estimate of drug-likeness (QED) is 0.786. The first-order valence-corrected chi connectivity index (χ1v) is 9.99. The Labute approximate surface area is 157 Å². The number of aromatic carboxylic acids is 1. The van der Waals surface area contributed by atoms with Gasteiger partial charge in [-0.25, -0.2) is 17.9 Å². The molecule has 8 heteroatoms. The maximum absolute atomic E-state index is 12.6. The van der Waals surface area contributed by atoms with E-state index in [2.05, 4.69) is 4.72 Å². The molecule has 2 N–H and O–H groups in total. The number of benzene rings is 2. The molecule has 2 aromatic carbocycles. The predicted octanol–water partition coefficient (Wildman–Crippen LogP) is 1.81. The molecule has 0 bridgehead atoms. The minimum atomic E-state index is -3.51. The van der Waals surface area contributed by atoms with Crippen LogP contribution in [-0.2, 0) is 27.7 Å². The number of carboxylic acids is 1. The van der Waals surface area contributed by atoms with E-state index < -0.39 is 16.0 Å². The van der Waals surface area contributed by atoms with Crippen LogP contribution in [0.15, 0.2) is 47.4 Å². The Kier molecular flexibility index (Phi) is 5.29. The van der Waals surface area contributed by atoms with Crippen molar-refractivity contribution in [2.75, 3.05) is 18.5 Å². The Hall–Kier alpha value is -2.71. The SMILES string of the molecule is CNS(=O)(=O)c1ccc2c(c1)CCN2C(=O)CCc1ccc(C(=O)O)cc1. The topological polar surface area (TPSA) is 104 Å². The summed E-state index contributed by atoms with van der Waals surface area (Å²) in [6.45, 7) is 0.523. The van der Waals surface area contributed by atoms with Gasteiger partial charge in [0.05, 0.1) is 10.5 Å². The summed E-state index contributed by atoms with van der Waals surface area (Å²) < 4.78 is 26.1. The van der Waals surface area contributed by atoms with E-state index in [0.29, 0.717) is 25.8 Å². The lowest BCUT2D eigenvalue weighted by atomic mass is 10.1. The Morgan fingerprint density at radius 2 is 1.85 bits per heavy atom. The largest absolute Gasteiger partial charge is 0.478 e. The van der Waals surface area contributed by atoms with Gasteiger partial charge < -0.3 is 10.0 Å². The van der Waals surface area contributed by atoms with Crippen molar-refractivity contribution in [3.05, 3.63) is 59.2 Å². The number of nitrogens with one attached hydrogen (secondary N) is 1. The first kappa shape index (κ1) is 19.1. The molecule has 0 aromatic heterocycles. The summed E-state index contributed by atoms with van der Waals surface area (Å²) in [4.78, 5) is 25.3. The van der Waals surface area contributed by atoms with Crippen molar-refractivity contribution in [1.82, 2.24) is 4.72 Å². The number of carbonyl (C=O) groups excluding carboxylic acids is 1. The second-order valence-electron chi connectivity index (χ2n) is 6.30. The van der Waals surface area contributed by atoms with E-state index in [-0.39, 0.29) is 16.4 Å². The summed E-state index contributed by atoms with van der Waals surface area (Å²) in [5.74, 6) is -1.02. The maximum atomic E-state index is 12.6. The zero-order chi connectivity index (χ0) is 19.6. The standard InChI is InChI=1S/C19H20N2O5S/c1-20-27(25,26)16-7-8-17-15(12-16)10-11-21(17)18(22)9-4-13-2-5-14(6-3-13)19(23)24/h2-3,5-8,12,20H,4,9-11H2,1H3,(H,23,24). The van der Waals surface area contributed by atoms with Gasteiger partial charge in [-0.3, -0.25) is 4.79 Å². The number of carboxylic acid groups (broad SMARTS) is 1. The van der Waals surface area contributed by atoms with Crippen molar-refractivity contribution in [3.63, 3.8) is 0 Å². The molecule has 0 spiro atoms. The van der Waals surface area contributed by atoms with Gasteiger partial charge in [0.1, 0.15) is 0 Å². The van der Waals surface area contributed by atoms with Gasteiger partial charge in [-0.1, -0.05) is 12.1 Å². The molecule has 0 radical (unpaired) electrons. The van der Waals surface area contributed by atoms with E-state index in [0.717, 1.165) is 16.8 Å². The van der Waals surface area contributed by atoms with Gasteiger partial charge in [0.2, 0.25) is 15.9 Å². The summed E-state index contributed by atoms with van der Waals surface area (Å²) >= 11 is 0. The highest BCUT2D eigenvalue weighted by atomic mass is 32.2. The fraction of sp³-hybridized carbons (Fsp3) is 0.263. The van der Waals surface area contributed by atoms with Crippen LogP contribution in [0.2, 0.25) is 0 Å². The molecule has 0 atom stereocenters. The lowest BCUT2D eigenvalue weighted by molar-refractivity contribution is -0.118. The van der Waals surface area contributed by atoms with Crippen LogP contribution in [0, 0.1) is 0 Å². The minimum absolute atomic E-state index is 0.0414. The molecule has 3 rings (SSSR count). The third-order valence-corrected chi connectivity index (χ3v) is 6.07. The molecule has 2 aromatic rings. The van der Waals surface area contributed by atoms with Gasteiger partial charge in [-0.05, 0) is 61.3 Å². The third-order valence-electron chi connectivity index (χ3n) is 4.66. The van der Waals surface area contributed by atoms with Crippen molar-refractivity contribution in [2.45, 2.75) is 24.2 Å². The molecule has 1 heterocycles. The average molecular weight is 388 g/mol. The fourth-order valence-electron chi connectivity index (χ4n) is 3.12. The van der Waals surface area contributed by atoms with Crippen LogP contribution < -0.4 is 9.62 Å². The third kappa shape index (κ3) is 4.01. The van der Waals surface area contributed by atoms with Gasteiger partial charge in [-0.2, -0.15) is 0 Å². The summed E-state index contributed by atoms with van der Waals surface area (Å²) in [6, 6.07) is 11.3. The first-order chi connectivity index (χ1) is 12.8. The zero-order valence-electron chi connectivity index (χ0n) is 14.8. The molecule has 1 aliphatic heterocycles. The van der Waals surface area contributed by atoms with Crippen LogP contribution in [-0.4, -0.2) is 39.0 Å². The summed E-state index contributed by atoms with van der Waals surface area (Å²) in [5.41, 5.74) is 2.69. The fourth-order valence-corrected chi connectivity index (χ4v) is 3.90. The normalized spacial score (nSPS) is 13.4. The number of aryl methyl sites for hydroxylation is 1. The maximum Gasteiger partial charge on any atom is 0.335 e. The monoisotopic (exact) mass is 388 g/mol. The van der Waals surface area contributed by atoms with Crippen molar-refractivity contribution < 1.29 is 23.1 Å². The lowest BCUT2D eigenvalue weighted by Crippen LogP contribution is -2.29. The Balaban J connectivity index is 1.68. The number of hydrogen-bond donors (Lipinski definition) is 2. The second kappa shape index (κ2) is 7.50. The number of nitrogens with zero attached hydrogens (tertiary/aromatic N) is 1. The highest BCUT2D eigenvalue weighted by Gasteiger charge is 2.26. The Morgan fingerprint density at radius 1 is 1.15 bits per heavy atom. The molecule has 1 amide bonds. The molecule has 142 valence electrons. The van der Waals surface area contributed by atoms with Crippen LogP contribution in [0.1, 0.15) is 27.9 Å². The van der Waals surface area contributed by atoms with Crippen molar-refractivity contribution in [1.29, 1.82) is 0 Å². The molecule has 0 saturated heterocycles. The van der Waals surface area contributed by atoms with E-state index in [4.69, 9.17) is 5.11 Å². The number of rotatable bonds is 6. The number of carbonyl (C=O) groups is 2. The molecular weight excluding hydrogens is 368 g/mol. The minimum Gasteiger partial charge on any atom is -0.478 e. The highest BCUT2D eigenvalue weighted by molar-refractivity contribution is 7.89. The predicted molar refractivity (Wildman–Crippen MR) is 100 cm³/mol. The molecular formula is C19H20N2O5S. The molecule has 0 unspecified atom stereocenters. The van der Waals surface area contributed by atoms with E-state index >= 15 is 0 Å². The van der Waals surface area contributed by atoms with E-state index in [1.54, 1.807) is 29.2 Å². The average Bonchev–Trinajstić information content (AvgIpc) is 3.09. The van der Waals surface area contributed by atoms with E-state index in [1.807, 2.05) is 0 Å². The Morgan fingerprint density at radius 3 is 2.48 bits per heavy atom. The van der Waals surface area contributed by atoms with Crippen molar-refractivity contribution in [3.8, 4) is 0 Å². The van der Waals surface area contributed by atoms with Gasteiger partial charge in [0.15, 0.2) is 0 Å². The van der Waals surface area contributed by atoms with Crippen LogP contribution in [0.4, 0.5) is 5.69 Å². The second-order valence-corrected chi connectivity index (χ2v) is 8.18. The number of fused-ring (bicyclic) bond motifs is 1. The van der Waals surface area contributed by atoms with Gasteiger partial charge in [0.25, 0.3) is 0 Å². The molecule has 0 fully saturated rings. The van der Waals surface area contributed by atoms with E-state index in [9.17, 15) is 18.0 Å². The molecule has 1 aliphatic rings. The molecule has 0 aliphatic carbocycles. The number of sulfonamides is 1. The van der Waals surface area contributed by atoms with Crippen molar-refractivity contribution >= 4 is 27.6 Å². The van der Waals surface area contributed by atoms with Crippen LogP contribution >= 0.6 is 0 Å². The number of hydrogen-bond acceptors (Lipinski definition) is 4. The van der Waals surface area contributed by atoms with Gasteiger partial charge in [-0.15, -0.1) is 0 Å².